The van der Waals surface area contributed by atoms with Gasteiger partial charge in [-0.05, 0) is 20.3 Å². The number of rotatable bonds is 6. The predicted octanol–water partition coefficient (Wildman–Crippen LogP) is 2.02. The number of anilines is 2. The molecule has 0 fully saturated rings. The molecule has 0 aliphatic heterocycles. The second-order valence-electron chi connectivity index (χ2n) is 4.11. The van der Waals surface area contributed by atoms with E-state index in [9.17, 15) is 0 Å². The quantitative estimate of drug-likeness (QED) is 0.818. The number of hydrogen-bond acceptors (Lipinski definition) is 5. The molecule has 6 heteroatoms. The van der Waals surface area contributed by atoms with Gasteiger partial charge in [-0.25, -0.2) is 0 Å². The van der Waals surface area contributed by atoms with Crippen LogP contribution in [0.25, 0.3) is 11.0 Å². The molecule has 0 saturated heterocycles. The molecule has 0 saturated carbocycles. The number of H-pyrrole nitrogens is 1. The van der Waals surface area contributed by atoms with Crippen LogP contribution in [0.3, 0.4) is 0 Å². The lowest BCUT2D eigenvalue weighted by Crippen LogP contribution is -2.25. The topological polar surface area (TPSA) is 69.7 Å². The lowest BCUT2D eigenvalue weighted by Gasteiger charge is -2.22. The molecule has 2 aromatic rings. The van der Waals surface area contributed by atoms with Gasteiger partial charge >= 0.3 is 0 Å². The highest BCUT2D eigenvalue weighted by Crippen LogP contribution is 2.23. The minimum absolute atomic E-state index is 0.652. The number of fused-ring (bicyclic) bond motifs is 1. The van der Waals surface area contributed by atoms with Gasteiger partial charge in [0, 0.05) is 19.6 Å². The number of aromatic nitrogens is 4. The Balaban J connectivity index is 2.47. The van der Waals surface area contributed by atoms with Gasteiger partial charge in [0.1, 0.15) is 5.82 Å². The monoisotopic (exact) mass is 248 g/mol. The van der Waals surface area contributed by atoms with Crippen molar-refractivity contribution in [3.63, 3.8) is 0 Å². The molecule has 0 aromatic carbocycles. The van der Waals surface area contributed by atoms with Crippen molar-refractivity contribution in [2.75, 3.05) is 29.9 Å². The fraction of sp³-hybridized carbons (Fsp3) is 0.583. The summed E-state index contributed by atoms with van der Waals surface area (Å²) in [5.41, 5.74) is 0.783. The Morgan fingerprint density at radius 1 is 1.28 bits per heavy atom. The second kappa shape index (κ2) is 5.66. The van der Waals surface area contributed by atoms with Crippen LogP contribution in [0.4, 0.5) is 11.8 Å². The van der Waals surface area contributed by atoms with Gasteiger partial charge in [0.05, 0.1) is 11.6 Å². The first-order chi connectivity index (χ1) is 8.80. The average Bonchev–Trinajstić information content (AvgIpc) is 2.83. The number of hydrogen-bond donors (Lipinski definition) is 2. The van der Waals surface area contributed by atoms with E-state index in [4.69, 9.17) is 0 Å². The van der Waals surface area contributed by atoms with E-state index in [1.165, 1.54) is 0 Å². The van der Waals surface area contributed by atoms with E-state index in [-0.39, 0.29) is 0 Å². The second-order valence-corrected chi connectivity index (χ2v) is 4.11. The molecule has 2 N–H and O–H groups in total. The molecule has 98 valence electrons. The zero-order chi connectivity index (χ0) is 13.0. The summed E-state index contributed by atoms with van der Waals surface area (Å²) in [4.78, 5) is 11.2. The van der Waals surface area contributed by atoms with E-state index in [1.54, 1.807) is 6.20 Å². The zero-order valence-corrected chi connectivity index (χ0v) is 11.2. The molecular formula is C12H20N6. The molecule has 0 spiro atoms. The maximum atomic E-state index is 4.60. The van der Waals surface area contributed by atoms with E-state index >= 15 is 0 Å². The maximum Gasteiger partial charge on any atom is 0.226 e. The first-order valence-electron chi connectivity index (χ1n) is 6.50. The third-order valence-corrected chi connectivity index (χ3v) is 2.80. The highest BCUT2D eigenvalue weighted by molar-refractivity contribution is 5.87. The summed E-state index contributed by atoms with van der Waals surface area (Å²) in [5.74, 6) is 1.60. The Bertz CT molecular complexity index is 506. The molecule has 0 unspecified atom stereocenters. The van der Waals surface area contributed by atoms with E-state index < -0.39 is 0 Å². The Kier molecular flexibility index (Phi) is 3.96. The van der Waals surface area contributed by atoms with Gasteiger partial charge < -0.3 is 10.2 Å². The van der Waals surface area contributed by atoms with Gasteiger partial charge in [-0.2, -0.15) is 15.1 Å². The largest absolute Gasteiger partial charge is 0.356 e. The Labute approximate surface area is 107 Å². The van der Waals surface area contributed by atoms with Crippen LogP contribution in [0.1, 0.15) is 27.2 Å². The van der Waals surface area contributed by atoms with Crippen LogP contribution in [0, 0.1) is 0 Å². The lowest BCUT2D eigenvalue weighted by atomic mass is 10.3. The SMILES string of the molecule is CCCN(CC)c1nc(NCC)nc2[nH]ncc12. The summed E-state index contributed by atoms with van der Waals surface area (Å²) >= 11 is 0. The van der Waals surface area contributed by atoms with Crippen LogP contribution in [0.2, 0.25) is 0 Å². The Hall–Kier alpha value is -1.85. The Morgan fingerprint density at radius 2 is 2.11 bits per heavy atom. The van der Waals surface area contributed by atoms with Crippen LogP contribution in [-0.4, -0.2) is 39.8 Å². The van der Waals surface area contributed by atoms with Crippen molar-refractivity contribution in [3.8, 4) is 0 Å². The zero-order valence-electron chi connectivity index (χ0n) is 11.2. The Morgan fingerprint density at radius 3 is 2.78 bits per heavy atom. The van der Waals surface area contributed by atoms with Crippen LogP contribution >= 0.6 is 0 Å². The van der Waals surface area contributed by atoms with Crippen molar-refractivity contribution in [2.24, 2.45) is 0 Å². The predicted molar refractivity (Wildman–Crippen MR) is 74.0 cm³/mol. The number of aromatic amines is 1. The standard InChI is InChI=1S/C12H20N6/c1-4-7-18(6-3)11-9-8-14-17-10(9)15-12(16-11)13-5-2/h8H,4-7H2,1-3H3,(H2,13,14,15,16,17). The smallest absolute Gasteiger partial charge is 0.226 e. The van der Waals surface area contributed by atoms with Gasteiger partial charge in [0.25, 0.3) is 0 Å². The van der Waals surface area contributed by atoms with Crippen LogP contribution in [0.5, 0.6) is 0 Å². The van der Waals surface area contributed by atoms with Crippen LogP contribution < -0.4 is 10.2 Å². The number of nitrogens with zero attached hydrogens (tertiary/aromatic N) is 4. The molecule has 0 aliphatic rings. The van der Waals surface area contributed by atoms with Gasteiger partial charge in [0.2, 0.25) is 5.95 Å². The van der Waals surface area contributed by atoms with Crippen molar-refractivity contribution in [1.29, 1.82) is 0 Å². The average molecular weight is 248 g/mol. The van der Waals surface area contributed by atoms with E-state index in [0.29, 0.717) is 5.95 Å². The third-order valence-electron chi connectivity index (χ3n) is 2.80. The molecule has 6 nitrogen and oxygen atoms in total. The summed E-state index contributed by atoms with van der Waals surface area (Å²) in [6, 6.07) is 0. The minimum atomic E-state index is 0.652. The molecule has 0 amide bonds. The first-order valence-corrected chi connectivity index (χ1v) is 6.50. The summed E-state index contributed by atoms with van der Waals surface area (Å²) in [6.07, 6.45) is 2.88. The summed E-state index contributed by atoms with van der Waals surface area (Å²) in [6.45, 7) is 9.05. The molecule has 0 radical (unpaired) electrons. The molecule has 18 heavy (non-hydrogen) atoms. The molecule has 2 rings (SSSR count). The molecular weight excluding hydrogens is 228 g/mol. The molecule has 0 atom stereocenters. The summed E-state index contributed by atoms with van der Waals surface area (Å²) in [7, 11) is 0. The third kappa shape index (κ3) is 2.37. The fourth-order valence-electron chi connectivity index (χ4n) is 1.98. The molecule has 2 heterocycles. The van der Waals surface area contributed by atoms with Crippen molar-refractivity contribution in [1.82, 2.24) is 20.2 Å². The molecule has 0 aliphatic carbocycles. The first kappa shape index (κ1) is 12.6. The molecule has 2 aromatic heterocycles. The van der Waals surface area contributed by atoms with Gasteiger partial charge in [-0.1, -0.05) is 6.92 Å². The van der Waals surface area contributed by atoms with E-state index in [1.807, 2.05) is 6.92 Å². The number of nitrogens with one attached hydrogen (secondary N) is 2. The van der Waals surface area contributed by atoms with Crippen molar-refractivity contribution in [3.05, 3.63) is 6.20 Å². The van der Waals surface area contributed by atoms with Gasteiger partial charge in [-0.3, -0.25) is 5.10 Å². The minimum Gasteiger partial charge on any atom is -0.356 e. The van der Waals surface area contributed by atoms with E-state index in [2.05, 4.69) is 44.2 Å². The normalized spacial score (nSPS) is 10.8. The van der Waals surface area contributed by atoms with Crippen molar-refractivity contribution >= 4 is 22.8 Å². The maximum absolute atomic E-state index is 4.60. The van der Waals surface area contributed by atoms with Gasteiger partial charge in [-0.15, -0.1) is 0 Å². The highest BCUT2D eigenvalue weighted by atomic mass is 15.3. The van der Waals surface area contributed by atoms with Crippen molar-refractivity contribution < 1.29 is 0 Å². The summed E-state index contributed by atoms with van der Waals surface area (Å²) in [5, 5.41) is 11.1. The van der Waals surface area contributed by atoms with E-state index in [0.717, 1.165) is 42.9 Å². The van der Waals surface area contributed by atoms with Crippen molar-refractivity contribution in [2.45, 2.75) is 27.2 Å². The highest BCUT2D eigenvalue weighted by Gasteiger charge is 2.13. The van der Waals surface area contributed by atoms with Crippen LogP contribution in [-0.2, 0) is 0 Å². The van der Waals surface area contributed by atoms with Crippen LogP contribution in [0.15, 0.2) is 6.20 Å². The van der Waals surface area contributed by atoms with Gasteiger partial charge in [0.15, 0.2) is 5.65 Å². The fourth-order valence-corrected chi connectivity index (χ4v) is 1.98. The summed E-state index contributed by atoms with van der Waals surface area (Å²) < 4.78 is 0. The molecule has 0 bridgehead atoms. The lowest BCUT2D eigenvalue weighted by molar-refractivity contribution is 0.781.